The van der Waals surface area contributed by atoms with Gasteiger partial charge >= 0.3 is 0 Å². The number of hydrogen-bond acceptors (Lipinski definition) is 3. The minimum atomic E-state index is 0.0119. The van der Waals surface area contributed by atoms with E-state index in [1.54, 1.807) is 0 Å². The maximum atomic E-state index is 12.3. The first-order valence-electron chi connectivity index (χ1n) is 7.92. The maximum Gasteiger partial charge on any atom is 0.225 e. The quantitative estimate of drug-likeness (QED) is 0.858. The van der Waals surface area contributed by atoms with E-state index in [4.69, 9.17) is 0 Å². The van der Waals surface area contributed by atoms with Gasteiger partial charge in [0.25, 0.3) is 0 Å². The van der Waals surface area contributed by atoms with Crippen LogP contribution in [0.2, 0.25) is 0 Å². The van der Waals surface area contributed by atoms with Crippen LogP contribution in [0.5, 0.6) is 0 Å². The van der Waals surface area contributed by atoms with E-state index in [1.165, 1.54) is 18.6 Å². The fourth-order valence-electron chi connectivity index (χ4n) is 3.14. The molecule has 20 heavy (non-hydrogen) atoms. The molecule has 4 nitrogen and oxygen atoms in total. The molecule has 0 aromatic rings. The number of rotatable bonds is 4. The summed E-state index contributed by atoms with van der Waals surface area (Å²) in [5.41, 5.74) is 0. The average Bonchev–Trinajstić information content (AvgIpc) is 3.20. The summed E-state index contributed by atoms with van der Waals surface area (Å²) in [5.74, 6) is 1.96. The second-order valence-electron chi connectivity index (χ2n) is 6.28. The summed E-state index contributed by atoms with van der Waals surface area (Å²) in [7, 11) is 0. The molecule has 2 amide bonds. The van der Waals surface area contributed by atoms with Crippen molar-refractivity contribution < 1.29 is 9.59 Å². The van der Waals surface area contributed by atoms with Crippen LogP contribution in [0.1, 0.15) is 38.5 Å². The van der Waals surface area contributed by atoms with Gasteiger partial charge in [0, 0.05) is 30.8 Å². The SMILES string of the molecule is O=C(NC[C@@H]1CCCS1)[C@@H]1CCCN(C(=O)C2CC2)C1. The van der Waals surface area contributed by atoms with E-state index in [2.05, 4.69) is 5.32 Å². The molecule has 5 heteroatoms. The second kappa shape index (κ2) is 6.37. The molecule has 0 aromatic heterocycles. The van der Waals surface area contributed by atoms with Gasteiger partial charge < -0.3 is 10.2 Å². The van der Waals surface area contributed by atoms with Gasteiger partial charge in [-0.25, -0.2) is 0 Å². The van der Waals surface area contributed by atoms with Gasteiger partial charge in [-0.2, -0.15) is 11.8 Å². The fraction of sp³-hybridized carbons (Fsp3) is 0.867. The van der Waals surface area contributed by atoms with Gasteiger partial charge in [-0.1, -0.05) is 0 Å². The zero-order chi connectivity index (χ0) is 13.9. The van der Waals surface area contributed by atoms with Crippen molar-refractivity contribution in [1.82, 2.24) is 10.2 Å². The van der Waals surface area contributed by atoms with E-state index in [0.717, 1.165) is 38.8 Å². The van der Waals surface area contributed by atoms with Crippen molar-refractivity contribution in [2.75, 3.05) is 25.4 Å². The summed E-state index contributed by atoms with van der Waals surface area (Å²) in [5, 5.41) is 3.70. The Morgan fingerprint density at radius 3 is 2.65 bits per heavy atom. The van der Waals surface area contributed by atoms with E-state index >= 15 is 0 Å². The maximum absolute atomic E-state index is 12.3. The van der Waals surface area contributed by atoms with Gasteiger partial charge in [0.05, 0.1) is 5.92 Å². The minimum Gasteiger partial charge on any atom is -0.355 e. The van der Waals surface area contributed by atoms with Crippen LogP contribution < -0.4 is 5.32 Å². The third kappa shape index (κ3) is 3.48. The van der Waals surface area contributed by atoms with Gasteiger partial charge in [-0.15, -0.1) is 0 Å². The lowest BCUT2D eigenvalue weighted by Gasteiger charge is -2.32. The standard InChI is InChI=1S/C15H24N2O2S/c18-14(16-9-13-4-2-8-20-13)12-3-1-7-17(10-12)15(19)11-5-6-11/h11-13H,1-10H2,(H,16,18)/t12-,13+/m1/s1. The number of hydrogen-bond donors (Lipinski definition) is 1. The number of likely N-dealkylation sites (tertiary alicyclic amines) is 1. The molecule has 1 saturated carbocycles. The Labute approximate surface area is 125 Å². The molecular weight excluding hydrogens is 272 g/mol. The Morgan fingerprint density at radius 2 is 1.95 bits per heavy atom. The highest BCUT2D eigenvalue weighted by Gasteiger charge is 2.36. The zero-order valence-corrected chi connectivity index (χ0v) is 12.8. The Hall–Kier alpha value is -0.710. The van der Waals surface area contributed by atoms with E-state index in [1.807, 2.05) is 16.7 Å². The topological polar surface area (TPSA) is 49.4 Å². The molecule has 2 saturated heterocycles. The smallest absolute Gasteiger partial charge is 0.225 e. The molecule has 112 valence electrons. The first kappa shape index (κ1) is 14.2. The van der Waals surface area contributed by atoms with E-state index in [9.17, 15) is 9.59 Å². The van der Waals surface area contributed by atoms with Crippen LogP contribution in [0.15, 0.2) is 0 Å². The van der Waals surface area contributed by atoms with Gasteiger partial charge in [-0.3, -0.25) is 9.59 Å². The molecule has 3 rings (SSSR count). The average molecular weight is 296 g/mol. The Bertz CT molecular complexity index is 378. The van der Waals surface area contributed by atoms with E-state index < -0.39 is 0 Å². The lowest BCUT2D eigenvalue weighted by atomic mass is 9.96. The summed E-state index contributed by atoms with van der Waals surface area (Å²) < 4.78 is 0. The highest BCUT2D eigenvalue weighted by molar-refractivity contribution is 8.00. The fourth-order valence-corrected chi connectivity index (χ4v) is 4.35. The van der Waals surface area contributed by atoms with Crippen molar-refractivity contribution in [3.05, 3.63) is 0 Å². The largest absolute Gasteiger partial charge is 0.355 e. The predicted molar refractivity (Wildman–Crippen MR) is 80.5 cm³/mol. The number of piperidine rings is 1. The predicted octanol–water partition coefficient (Wildman–Crippen LogP) is 1.65. The monoisotopic (exact) mass is 296 g/mol. The van der Waals surface area contributed by atoms with Crippen molar-refractivity contribution >= 4 is 23.6 Å². The molecule has 3 fully saturated rings. The minimum absolute atomic E-state index is 0.0119. The molecule has 0 radical (unpaired) electrons. The van der Waals surface area contributed by atoms with Crippen molar-refractivity contribution in [1.29, 1.82) is 0 Å². The van der Waals surface area contributed by atoms with Crippen LogP contribution in [0.25, 0.3) is 0 Å². The molecule has 0 spiro atoms. The lowest BCUT2D eigenvalue weighted by molar-refractivity contribution is -0.136. The van der Waals surface area contributed by atoms with Crippen LogP contribution in [0.3, 0.4) is 0 Å². The molecule has 1 N–H and O–H groups in total. The molecular formula is C15H24N2O2S. The molecule has 0 aromatic carbocycles. The number of nitrogens with zero attached hydrogens (tertiary/aromatic N) is 1. The Kier molecular flexibility index (Phi) is 4.54. The van der Waals surface area contributed by atoms with Gasteiger partial charge in [0.1, 0.15) is 0 Å². The van der Waals surface area contributed by atoms with Crippen LogP contribution in [-0.4, -0.2) is 47.4 Å². The second-order valence-corrected chi connectivity index (χ2v) is 7.69. The number of thioether (sulfide) groups is 1. The normalized spacial score (nSPS) is 30.3. The third-order valence-electron chi connectivity index (χ3n) is 4.56. The number of amides is 2. The first-order chi connectivity index (χ1) is 9.74. The van der Waals surface area contributed by atoms with Crippen LogP contribution in [0.4, 0.5) is 0 Å². The zero-order valence-electron chi connectivity index (χ0n) is 12.0. The van der Waals surface area contributed by atoms with Crippen molar-refractivity contribution in [3.8, 4) is 0 Å². The van der Waals surface area contributed by atoms with Crippen molar-refractivity contribution in [2.24, 2.45) is 11.8 Å². The van der Waals surface area contributed by atoms with Gasteiger partial charge in [-0.05, 0) is 44.3 Å². The summed E-state index contributed by atoms with van der Waals surface area (Å²) in [6, 6.07) is 0. The molecule has 2 aliphatic heterocycles. The molecule has 0 unspecified atom stereocenters. The van der Waals surface area contributed by atoms with E-state index in [-0.39, 0.29) is 23.7 Å². The van der Waals surface area contributed by atoms with E-state index in [0.29, 0.717) is 11.8 Å². The van der Waals surface area contributed by atoms with Crippen LogP contribution in [-0.2, 0) is 9.59 Å². The number of carbonyl (C=O) groups excluding carboxylic acids is 2. The van der Waals surface area contributed by atoms with Crippen molar-refractivity contribution in [2.45, 2.75) is 43.8 Å². The van der Waals surface area contributed by atoms with Crippen molar-refractivity contribution in [3.63, 3.8) is 0 Å². The summed E-state index contributed by atoms with van der Waals surface area (Å²) >= 11 is 1.97. The Balaban J connectivity index is 1.45. The molecule has 1 aliphatic carbocycles. The lowest BCUT2D eigenvalue weighted by Crippen LogP contribution is -2.46. The first-order valence-corrected chi connectivity index (χ1v) is 8.97. The number of carbonyl (C=O) groups is 2. The van der Waals surface area contributed by atoms with Gasteiger partial charge in [0.15, 0.2) is 0 Å². The van der Waals surface area contributed by atoms with Gasteiger partial charge in [0.2, 0.25) is 11.8 Å². The highest BCUT2D eigenvalue weighted by Crippen LogP contribution is 2.32. The number of nitrogens with one attached hydrogen (secondary N) is 1. The van der Waals surface area contributed by atoms with Crippen LogP contribution in [0, 0.1) is 11.8 Å². The third-order valence-corrected chi connectivity index (χ3v) is 5.96. The molecule has 2 atom stereocenters. The Morgan fingerprint density at radius 1 is 1.10 bits per heavy atom. The summed E-state index contributed by atoms with van der Waals surface area (Å²) in [4.78, 5) is 26.3. The molecule has 3 aliphatic rings. The van der Waals surface area contributed by atoms with Crippen LogP contribution >= 0.6 is 11.8 Å². The summed E-state index contributed by atoms with van der Waals surface area (Å²) in [6.45, 7) is 2.28. The molecule has 2 heterocycles. The molecule has 0 bridgehead atoms. The summed E-state index contributed by atoms with van der Waals surface area (Å²) in [6.07, 6.45) is 6.49. The highest BCUT2D eigenvalue weighted by atomic mass is 32.2.